The lowest BCUT2D eigenvalue weighted by Gasteiger charge is -2.30. The molecular formula is C11H20N3O5P. The van der Waals surface area contributed by atoms with Crippen molar-refractivity contribution in [3.8, 4) is 0 Å². The molecule has 0 spiro atoms. The van der Waals surface area contributed by atoms with Gasteiger partial charge in [0.25, 0.3) is 0 Å². The van der Waals surface area contributed by atoms with Gasteiger partial charge in [0.1, 0.15) is 11.5 Å². The number of likely N-dealkylation sites (N-methyl/N-ethyl adjacent to an activating group) is 1. The first-order valence-corrected chi connectivity index (χ1v) is 7.63. The molecule has 114 valence electrons. The van der Waals surface area contributed by atoms with E-state index in [9.17, 15) is 0 Å². The van der Waals surface area contributed by atoms with Crippen molar-refractivity contribution in [1.29, 1.82) is 0 Å². The zero-order valence-corrected chi connectivity index (χ0v) is 12.4. The van der Waals surface area contributed by atoms with E-state index in [2.05, 4.69) is 22.1 Å². The van der Waals surface area contributed by atoms with Crippen LogP contribution in [0.4, 0.5) is 0 Å². The summed E-state index contributed by atoms with van der Waals surface area (Å²) in [5, 5.41) is 6.47. The minimum Gasteiger partial charge on any atom is -0.460 e. The molecule has 9 heteroatoms. The fourth-order valence-corrected chi connectivity index (χ4v) is 1.57. The third kappa shape index (κ3) is 8.08. The number of hydrazone groups is 1. The Kier molecular flexibility index (Phi) is 6.38. The SMILES string of the molecule is Cc1ccc(C=NN2CCN(C)CC2)o1.O=P(O)(O)O. The second kappa shape index (κ2) is 7.56. The summed E-state index contributed by atoms with van der Waals surface area (Å²) in [6.45, 7) is 6.08. The van der Waals surface area contributed by atoms with Gasteiger partial charge < -0.3 is 24.0 Å². The number of aryl methyl sites for hydroxylation is 1. The van der Waals surface area contributed by atoms with Crippen LogP contribution in [0.15, 0.2) is 21.7 Å². The molecule has 3 N–H and O–H groups in total. The Morgan fingerprint density at radius 3 is 2.25 bits per heavy atom. The number of hydrogen-bond donors (Lipinski definition) is 3. The Hall–Kier alpha value is -1.18. The van der Waals surface area contributed by atoms with Crippen molar-refractivity contribution in [2.75, 3.05) is 33.2 Å². The van der Waals surface area contributed by atoms with Crippen molar-refractivity contribution >= 4 is 14.0 Å². The molecule has 1 aliphatic heterocycles. The summed E-state index contributed by atoms with van der Waals surface area (Å²) in [6, 6.07) is 3.89. The molecule has 8 nitrogen and oxygen atoms in total. The molecule has 0 bridgehead atoms. The van der Waals surface area contributed by atoms with Gasteiger partial charge in [-0.2, -0.15) is 5.10 Å². The van der Waals surface area contributed by atoms with Gasteiger partial charge in [-0.15, -0.1) is 0 Å². The first kappa shape index (κ1) is 16.9. The lowest BCUT2D eigenvalue weighted by atomic mass is 10.4. The number of hydrogen-bond acceptors (Lipinski definition) is 5. The van der Waals surface area contributed by atoms with Crippen LogP contribution in [0.1, 0.15) is 11.5 Å². The third-order valence-electron chi connectivity index (χ3n) is 2.59. The summed E-state index contributed by atoms with van der Waals surface area (Å²) in [5.41, 5.74) is 0. The monoisotopic (exact) mass is 305 g/mol. The highest BCUT2D eigenvalue weighted by molar-refractivity contribution is 7.45. The van der Waals surface area contributed by atoms with E-state index in [0.29, 0.717) is 0 Å². The van der Waals surface area contributed by atoms with Crippen LogP contribution in [0.25, 0.3) is 0 Å². The van der Waals surface area contributed by atoms with Crippen molar-refractivity contribution in [2.24, 2.45) is 5.10 Å². The van der Waals surface area contributed by atoms with Crippen LogP contribution >= 0.6 is 7.82 Å². The fraction of sp³-hybridized carbons (Fsp3) is 0.545. The van der Waals surface area contributed by atoms with E-state index in [1.54, 1.807) is 6.21 Å². The quantitative estimate of drug-likeness (QED) is 0.530. The summed E-state index contributed by atoms with van der Waals surface area (Å²) >= 11 is 0. The summed E-state index contributed by atoms with van der Waals surface area (Å²) in [5.74, 6) is 1.75. The van der Waals surface area contributed by atoms with Gasteiger partial charge in [-0.05, 0) is 26.1 Å². The zero-order chi connectivity index (χ0) is 15.2. The lowest BCUT2D eigenvalue weighted by Crippen LogP contribution is -2.41. The van der Waals surface area contributed by atoms with Crippen LogP contribution in [0.3, 0.4) is 0 Å². The number of phosphoric acid groups is 1. The Balaban J connectivity index is 0.000000347. The van der Waals surface area contributed by atoms with Gasteiger partial charge in [-0.25, -0.2) is 4.57 Å². The average molecular weight is 305 g/mol. The largest absolute Gasteiger partial charge is 0.466 e. The van der Waals surface area contributed by atoms with E-state index in [1.807, 2.05) is 19.1 Å². The maximum atomic E-state index is 8.88. The van der Waals surface area contributed by atoms with Crippen LogP contribution in [-0.4, -0.2) is 64.0 Å². The van der Waals surface area contributed by atoms with Crippen LogP contribution in [0.5, 0.6) is 0 Å². The molecule has 1 saturated heterocycles. The predicted molar refractivity (Wildman–Crippen MR) is 74.4 cm³/mol. The maximum Gasteiger partial charge on any atom is 0.466 e. The Labute approximate surface area is 117 Å². The standard InChI is InChI=1S/C11H17N3O.H3O4P/c1-10-3-4-11(15-10)9-12-14-7-5-13(2)6-8-14;1-5(2,3)4/h3-4,9H,5-8H2,1-2H3;(H3,1,2,3,4). The van der Waals surface area contributed by atoms with Crippen molar-refractivity contribution in [3.63, 3.8) is 0 Å². The first-order valence-electron chi connectivity index (χ1n) is 6.06. The molecule has 0 radical (unpaired) electrons. The molecule has 0 saturated carbocycles. The van der Waals surface area contributed by atoms with Gasteiger partial charge in [0.05, 0.1) is 6.21 Å². The smallest absolute Gasteiger partial charge is 0.460 e. The van der Waals surface area contributed by atoms with Gasteiger partial charge in [-0.1, -0.05) is 0 Å². The minimum atomic E-state index is -4.64. The van der Waals surface area contributed by atoms with Gasteiger partial charge in [0.15, 0.2) is 0 Å². The molecule has 1 aromatic rings. The summed E-state index contributed by atoms with van der Waals surface area (Å²) < 4.78 is 14.3. The first-order chi connectivity index (χ1) is 9.24. The van der Waals surface area contributed by atoms with Crippen LogP contribution in [-0.2, 0) is 4.57 Å². The molecule has 20 heavy (non-hydrogen) atoms. The molecule has 0 unspecified atom stereocenters. The highest BCUT2D eigenvalue weighted by atomic mass is 31.2. The van der Waals surface area contributed by atoms with E-state index in [0.717, 1.165) is 37.7 Å². The minimum absolute atomic E-state index is 0.825. The second-order valence-corrected chi connectivity index (χ2v) is 5.49. The second-order valence-electron chi connectivity index (χ2n) is 4.46. The third-order valence-corrected chi connectivity index (χ3v) is 2.59. The Morgan fingerprint density at radius 1 is 1.25 bits per heavy atom. The molecule has 1 fully saturated rings. The van der Waals surface area contributed by atoms with E-state index in [4.69, 9.17) is 23.7 Å². The number of rotatable bonds is 2. The average Bonchev–Trinajstić information content (AvgIpc) is 2.72. The topological polar surface area (TPSA) is 110 Å². The molecule has 0 amide bonds. The van der Waals surface area contributed by atoms with Crippen molar-refractivity contribution < 1.29 is 23.7 Å². The highest BCUT2D eigenvalue weighted by Gasteiger charge is 2.10. The van der Waals surface area contributed by atoms with Crippen molar-refractivity contribution in [2.45, 2.75) is 6.92 Å². The Bertz CT molecular complexity index is 468. The highest BCUT2D eigenvalue weighted by Crippen LogP contribution is 2.25. The van der Waals surface area contributed by atoms with Gasteiger partial charge >= 0.3 is 7.82 Å². The lowest BCUT2D eigenvalue weighted by molar-refractivity contribution is 0.159. The molecule has 2 heterocycles. The van der Waals surface area contributed by atoms with E-state index in [1.165, 1.54) is 0 Å². The van der Waals surface area contributed by atoms with Crippen molar-refractivity contribution in [3.05, 3.63) is 23.7 Å². The van der Waals surface area contributed by atoms with Gasteiger partial charge in [0, 0.05) is 26.2 Å². The molecule has 0 aromatic carbocycles. The molecule has 0 aliphatic carbocycles. The Morgan fingerprint density at radius 2 is 1.80 bits per heavy atom. The fourth-order valence-electron chi connectivity index (χ4n) is 1.57. The van der Waals surface area contributed by atoms with Crippen LogP contribution in [0, 0.1) is 6.92 Å². The van der Waals surface area contributed by atoms with E-state index < -0.39 is 7.82 Å². The normalized spacial score (nSPS) is 17.1. The summed E-state index contributed by atoms with van der Waals surface area (Å²) in [4.78, 5) is 23.9. The van der Waals surface area contributed by atoms with Gasteiger partial charge in [-0.3, -0.25) is 5.01 Å². The molecule has 2 rings (SSSR count). The number of furan rings is 1. The van der Waals surface area contributed by atoms with E-state index >= 15 is 0 Å². The number of piperazine rings is 1. The van der Waals surface area contributed by atoms with Crippen LogP contribution < -0.4 is 0 Å². The molecular weight excluding hydrogens is 285 g/mol. The zero-order valence-electron chi connectivity index (χ0n) is 11.5. The van der Waals surface area contributed by atoms with Crippen molar-refractivity contribution in [1.82, 2.24) is 9.91 Å². The van der Waals surface area contributed by atoms with E-state index in [-0.39, 0.29) is 0 Å². The van der Waals surface area contributed by atoms with Crippen LogP contribution in [0.2, 0.25) is 0 Å². The van der Waals surface area contributed by atoms with Gasteiger partial charge in [0.2, 0.25) is 0 Å². The maximum absolute atomic E-state index is 8.88. The molecule has 1 aliphatic rings. The summed E-state index contributed by atoms with van der Waals surface area (Å²) in [7, 11) is -2.50. The number of nitrogens with zero attached hydrogens (tertiary/aromatic N) is 3. The molecule has 1 aromatic heterocycles. The predicted octanol–water partition coefficient (Wildman–Crippen LogP) is 0.241. The summed E-state index contributed by atoms with van der Waals surface area (Å²) in [6.07, 6.45) is 1.79. The molecule has 0 atom stereocenters.